The maximum absolute atomic E-state index is 12.7. The highest BCUT2D eigenvalue weighted by molar-refractivity contribution is 7.99. The zero-order chi connectivity index (χ0) is 15.5. The summed E-state index contributed by atoms with van der Waals surface area (Å²) in [5.74, 6) is 3.61. The van der Waals surface area contributed by atoms with Crippen molar-refractivity contribution >= 4 is 23.5 Å². The molecule has 6 heteroatoms. The van der Waals surface area contributed by atoms with Crippen molar-refractivity contribution in [1.82, 2.24) is 14.9 Å². The number of amides is 1. The Hall–Kier alpha value is -1.30. The summed E-state index contributed by atoms with van der Waals surface area (Å²) in [5, 5.41) is 0. The van der Waals surface area contributed by atoms with Gasteiger partial charge in [0.2, 0.25) is 5.91 Å². The average Bonchev–Trinajstić information content (AvgIpc) is 2.57. The largest absolute Gasteiger partial charge is 0.355 e. The second-order valence-electron chi connectivity index (χ2n) is 6.13. The summed E-state index contributed by atoms with van der Waals surface area (Å²) in [7, 11) is 0. The predicted octanol–water partition coefficient (Wildman–Crippen LogP) is 1.89. The Labute approximate surface area is 136 Å². The number of rotatable bonds is 2. The van der Waals surface area contributed by atoms with Crippen LogP contribution in [0.1, 0.15) is 24.1 Å². The Kier molecular flexibility index (Phi) is 4.86. The van der Waals surface area contributed by atoms with Crippen molar-refractivity contribution in [3.8, 4) is 0 Å². The van der Waals surface area contributed by atoms with Gasteiger partial charge in [0.1, 0.15) is 12.1 Å². The van der Waals surface area contributed by atoms with E-state index in [4.69, 9.17) is 0 Å². The molecule has 3 rings (SSSR count). The van der Waals surface area contributed by atoms with Gasteiger partial charge in [-0.1, -0.05) is 0 Å². The lowest BCUT2D eigenvalue weighted by atomic mass is 9.96. The molecule has 2 saturated heterocycles. The minimum absolute atomic E-state index is 0.117. The fraction of sp³-hybridized carbons (Fsp3) is 0.688. The summed E-state index contributed by atoms with van der Waals surface area (Å²) < 4.78 is 0. The van der Waals surface area contributed by atoms with E-state index in [0.29, 0.717) is 5.91 Å². The molecule has 0 N–H and O–H groups in total. The Morgan fingerprint density at radius 1 is 1.23 bits per heavy atom. The first-order chi connectivity index (χ1) is 10.7. The first-order valence-electron chi connectivity index (χ1n) is 8.06. The minimum atomic E-state index is 0.117. The second-order valence-corrected chi connectivity index (χ2v) is 7.36. The third kappa shape index (κ3) is 3.21. The topological polar surface area (TPSA) is 49.3 Å². The minimum Gasteiger partial charge on any atom is -0.355 e. The molecule has 22 heavy (non-hydrogen) atoms. The number of carbonyl (C=O) groups excluding carboxylic acids is 1. The van der Waals surface area contributed by atoms with Crippen LogP contribution in [0.2, 0.25) is 0 Å². The van der Waals surface area contributed by atoms with Crippen LogP contribution in [0.4, 0.5) is 5.82 Å². The third-order valence-corrected chi connectivity index (χ3v) is 5.64. The van der Waals surface area contributed by atoms with Crippen molar-refractivity contribution in [3.05, 3.63) is 17.6 Å². The molecule has 3 heterocycles. The first-order valence-corrected chi connectivity index (χ1v) is 9.22. The molecule has 2 fully saturated rings. The van der Waals surface area contributed by atoms with Crippen LogP contribution in [0.25, 0.3) is 0 Å². The first kappa shape index (κ1) is 15.6. The fourth-order valence-corrected chi connectivity index (χ4v) is 4.16. The number of piperidine rings is 1. The molecule has 1 atom stereocenters. The smallest absolute Gasteiger partial charge is 0.227 e. The van der Waals surface area contributed by atoms with E-state index in [9.17, 15) is 4.79 Å². The van der Waals surface area contributed by atoms with Gasteiger partial charge < -0.3 is 9.80 Å². The summed E-state index contributed by atoms with van der Waals surface area (Å²) in [6, 6.07) is 0. The monoisotopic (exact) mass is 320 g/mol. The molecule has 0 aliphatic carbocycles. The standard InChI is InChI=1S/C16H24N4OS/c1-12-13(2)17-11-18-15(12)20-5-3-4-14(10-20)16(21)19-6-8-22-9-7-19/h11,14H,3-10H2,1-2H3. The number of hydrogen-bond acceptors (Lipinski definition) is 5. The van der Waals surface area contributed by atoms with Crippen LogP contribution in [0.3, 0.4) is 0 Å². The maximum atomic E-state index is 12.7. The number of aromatic nitrogens is 2. The van der Waals surface area contributed by atoms with Crippen LogP contribution in [0.5, 0.6) is 0 Å². The van der Waals surface area contributed by atoms with Gasteiger partial charge in [-0.25, -0.2) is 9.97 Å². The highest BCUT2D eigenvalue weighted by Crippen LogP contribution is 2.26. The molecule has 1 amide bonds. The van der Waals surface area contributed by atoms with E-state index in [-0.39, 0.29) is 5.92 Å². The van der Waals surface area contributed by atoms with E-state index in [0.717, 1.165) is 67.6 Å². The lowest BCUT2D eigenvalue weighted by Crippen LogP contribution is -2.47. The molecule has 0 saturated carbocycles. The van der Waals surface area contributed by atoms with Crippen molar-refractivity contribution in [2.45, 2.75) is 26.7 Å². The Balaban J connectivity index is 1.71. The van der Waals surface area contributed by atoms with Gasteiger partial charge >= 0.3 is 0 Å². The van der Waals surface area contributed by atoms with Gasteiger partial charge in [0.15, 0.2) is 0 Å². The number of aryl methyl sites for hydroxylation is 1. The number of anilines is 1. The van der Waals surface area contributed by atoms with Crippen molar-refractivity contribution in [2.24, 2.45) is 5.92 Å². The summed E-state index contributed by atoms with van der Waals surface area (Å²) in [6.45, 7) is 7.67. The number of thioether (sulfide) groups is 1. The summed E-state index contributed by atoms with van der Waals surface area (Å²) >= 11 is 1.94. The van der Waals surface area contributed by atoms with E-state index in [1.807, 2.05) is 18.7 Å². The van der Waals surface area contributed by atoms with Gasteiger partial charge in [-0.2, -0.15) is 11.8 Å². The molecular weight excluding hydrogens is 296 g/mol. The number of hydrogen-bond donors (Lipinski definition) is 0. The Bertz CT molecular complexity index is 545. The molecule has 2 aliphatic heterocycles. The number of carbonyl (C=O) groups is 1. The molecule has 1 unspecified atom stereocenters. The van der Waals surface area contributed by atoms with Crippen molar-refractivity contribution in [3.63, 3.8) is 0 Å². The van der Waals surface area contributed by atoms with Gasteiger partial charge in [-0.15, -0.1) is 0 Å². The lowest BCUT2D eigenvalue weighted by Gasteiger charge is -2.37. The highest BCUT2D eigenvalue weighted by Gasteiger charge is 2.31. The van der Waals surface area contributed by atoms with Gasteiger partial charge in [0.05, 0.1) is 5.92 Å². The van der Waals surface area contributed by atoms with E-state index in [2.05, 4.69) is 26.7 Å². The molecule has 0 radical (unpaired) electrons. The van der Waals surface area contributed by atoms with Gasteiger partial charge in [-0.3, -0.25) is 4.79 Å². The second kappa shape index (κ2) is 6.86. The van der Waals surface area contributed by atoms with Crippen LogP contribution in [-0.4, -0.2) is 58.5 Å². The fourth-order valence-electron chi connectivity index (χ4n) is 3.26. The zero-order valence-electron chi connectivity index (χ0n) is 13.4. The van der Waals surface area contributed by atoms with Crippen LogP contribution < -0.4 is 4.90 Å². The zero-order valence-corrected chi connectivity index (χ0v) is 14.2. The molecular formula is C16H24N4OS. The average molecular weight is 320 g/mol. The van der Waals surface area contributed by atoms with Crippen molar-refractivity contribution in [1.29, 1.82) is 0 Å². The van der Waals surface area contributed by atoms with Gasteiger partial charge in [0, 0.05) is 48.9 Å². The van der Waals surface area contributed by atoms with E-state index in [1.165, 1.54) is 0 Å². The van der Waals surface area contributed by atoms with Crippen LogP contribution in [-0.2, 0) is 4.79 Å². The molecule has 1 aromatic heterocycles. The molecule has 0 spiro atoms. The predicted molar refractivity (Wildman–Crippen MR) is 90.3 cm³/mol. The molecule has 2 aliphatic rings. The SMILES string of the molecule is Cc1ncnc(N2CCCC(C(=O)N3CCSCC3)C2)c1C. The van der Waals surface area contributed by atoms with Crippen LogP contribution >= 0.6 is 11.8 Å². The summed E-state index contributed by atoms with van der Waals surface area (Å²) in [6.07, 6.45) is 3.69. The summed E-state index contributed by atoms with van der Waals surface area (Å²) in [5.41, 5.74) is 2.15. The quantitative estimate of drug-likeness (QED) is 0.833. The molecule has 5 nitrogen and oxygen atoms in total. The van der Waals surface area contributed by atoms with Gasteiger partial charge in [0.25, 0.3) is 0 Å². The van der Waals surface area contributed by atoms with Gasteiger partial charge in [-0.05, 0) is 26.7 Å². The molecule has 1 aromatic rings. The Morgan fingerprint density at radius 2 is 2.00 bits per heavy atom. The maximum Gasteiger partial charge on any atom is 0.227 e. The van der Waals surface area contributed by atoms with E-state index in [1.54, 1.807) is 6.33 Å². The van der Waals surface area contributed by atoms with Crippen molar-refractivity contribution < 1.29 is 4.79 Å². The molecule has 120 valence electrons. The van der Waals surface area contributed by atoms with Crippen LogP contribution in [0.15, 0.2) is 6.33 Å². The lowest BCUT2D eigenvalue weighted by molar-refractivity contribution is -0.135. The number of nitrogens with zero attached hydrogens (tertiary/aromatic N) is 4. The summed E-state index contributed by atoms with van der Waals surface area (Å²) in [4.78, 5) is 25.8. The van der Waals surface area contributed by atoms with Crippen LogP contribution in [0, 0.1) is 19.8 Å². The molecule has 0 aromatic carbocycles. The Morgan fingerprint density at radius 3 is 2.77 bits per heavy atom. The van der Waals surface area contributed by atoms with E-state index >= 15 is 0 Å². The van der Waals surface area contributed by atoms with E-state index < -0.39 is 0 Å². The highest BCUT2D eigenvalue weighted by atomic mass is 32.2. The molecule has 0 bridgehead atoms. The van der Waals surface area contributed by atoms with Crippen molar-refractivity contribution in [2.75, 3.05) is 42.6 Å². The normalized spacial score (nSPS) is 22.7. The third-order valence-electron chi connectivity index (χ3n) is 4.70.